The predicted octanol–water partition coefficient (Wildman–Crippen LogP) is 1.82. The van der Waals surface area contributed by atoms with Gasteiger partial charge in [-0.1, -0.05) is 23.8 Å². The third-order valence-corrected chi connectivity index (χ3v) is 2.86. The molecule has 0 aliphatic rings. The molecule has 98 valence electrons. The minimum Gasteiger partial charge on any atom is -0.469 e. The van der Waals surface area contributed by atoms with Crippen LogP contribution in [-0.4, -0.2) is 30.9 Å². The van der Waals surface area contributed by atoms with Crippen LogP contribution in [0.15, 0.2) is 18.2 Å². The van der Waals surface area contributed by atoms with Gasteiger partial charge < -0.3 is 9.64 Å². The van der Waals surface area contributed by atoms with Gasteiger partial charge >= 0.3 is 5.97 Å². The monoisotopic (exact) mass is 249 g/mol. The molecular weight excluding hydrogens is 230 g/mol. The molecule has 1 amide bonds. The summed E-state index contributed by atoms with van der Waals surface area (Å²) in [4.78, 5) is 24.3. The Kier molecular flexibility index (Phi) is 4.89. The Balaban J connectivity index is 2.69. The number of rotatable bonds is 4. The van der Waals surface area contributed by atoms with Gasteiger partial charge in [0.1, 0.15) is 6.42 Å². The number of amides is 1. The smallest absolute Gasteiger partial charge is 0.315 e. The largest absolute Gasteiger partial charge is 0.469 e. The van der Waals surface area contributed by atoms with E-state index in [1.54, 1.807) is 11.9 Å². The lowest BCUT2D eigenvalue weighted by Crippen LogP contribution is -2.28. The zero-order valence-corrected chi connectivity index (χ0v) is 11.3. The van der Waals surface area contributed by atoms with Crippen molar-refractivity contribution >= 4 is 11.9 Å². The number of ether oxygens (including phenoxy) is 1. The summed E-state index contributed by atoms with van der Waals surface area (Å²) in [5, 5.41) is 0. The second-order valence-electron chi connectivity index (χ2n) is 4.43. The number of carbonyl (C=O) groups is 2. The fraction of sp³-hybridized carbons (Fsp3) is 0.429. The molecule has 0 saturated heterocycles. The Morgan fingerprint density at radius 2 is 1.94 bits per heavy atom. The highest BCUT2D eigenvalue weighted by molar-refractivity contribution is 5.94. The van der Waals surface area contributed by atoms with Gasteiger partial charge in [-0.3, -0.25) is 9.59 Å². The van der Waals surface area contributed by atoms with E-state index < -0.39 is 5.97 Å². The molecular formula is C14H19NO3. The molecule has 0 spiro atoms. The van der Waals surface area contributed by atoms with Crippen molar-refractivity contribution in [2.24, 2.45) is 0 Å². The first-order chi connectivity index (χ1) is 8.43. The van der Waals surface area contributed by atoms with Crippen LogP contribution in [0, 0.1) is 13.8 Å². The number of hydrogen-bond acceptors (Lipinski definition) is 3. The number of carbonyl (C=O) groups excluding carboxylic acids is 2. The van der Waals surface area contributed by atoms with Crippen molar-refractivity contribution < 1.29 is 14.3 Å². The average molecular weight is 249 g/mol. The Morgan fingerprint density at radius 1 is 1.28 bits per heavy atom. The topological polar surface area (TPSA) is 46.6 Å². The van der Waals surface area contributed by atoms with Crippen LogP contribution in [0.4, 0.5) is 0 Å². The third-order valence-electron chi connectivity index (χ3n) is 2.86. The van der Waals surface area contributed by atoms with Crippen LogP contribution in [0.1, 0.15) is 23.1 Å². The zero-order chi connectivity index (χ0) is 13.7. The van der Waals surface area contributed by atoms with E-state index in [1.165, 1.54) is 7.11 Å². The molecule has 0 unspecified atom stereocenters. The van der Waals surface area contributed by atoms with Crippen molar-refractivity contribution in [3.63, 3.8) is 0 Å². The standard InChI is InChI=1S/C14H19NO3/c1-10-5-6-11(2)12(7-10)9-15(3)13(16)8-14(17)18-4/h5-7H,8-9H2,1-4H3. The van der Waals surface area contributed by atoms with E-state index in [4.69, 9.17) is 0 Å². The van der Waals surface area contributed by atoms with Crippen LogP contribution in [0.25, 0.3) is 0 Å². The molecule has 4 nitrogen and oxygen atoms in total. The van der Waals surface area contributed by atoms with E-state index >= 15 is 0 Å². The maximum absolute atomic E-state index is 11.7. The Hall–Kier alpha value is -1.84. The van der Waals surface area contributed by atoms with Crippen LogP contribution < -0.4 is 0 Å². The zero-order valence-electron chi connectivity index (χ0n) is 11.3. The molecule has 18 heavy (non-hydrogen) atoms. The lowest BCUT2D eigenvalue weighted by atomic mass is 10.1. The minimum atomic E-state index is -0.507. The van der Waals surface area contributed by atoms with Gasteiger partial charge in [0, 0.05) is 13.6 Å². The predicted molar refractivity (Wildman–Crippen MR) is 69.0 cm³/mol. The van der Waals surface area contributed by atoms with Crippen LogP contribution in [0.5, 0.6) is 0 Å². The van der Waals surface area contributed by atoms with E-state index in [0.717, 1.165) is 16.7 Å². The minimum absolute atomic E-state index is 0.210. The second kappa shape index (κ2) is 6.19. The van der Waals surface area contributed by atoms with E-state index in [1.807, 2.05) is 26.0 Å². The Labute approximate surface area is 108 Å². The number of benzene rings is 1. The van der Waals surface area contributed by atoms with E-state index in [0.29, 0.717) is 6.54 Å². The summed E-state index contributed by atoms with van der Waals surface area (Å²) >= 11 is 0. The summed E-state index contributed by atoms with van der Waals surface area (Å²) in [5.74, 6) is -0.740. The van der Waals surface area contributed by atoms with Gasteiger partial charge in [0.2, 0.25) is 5.91 Å². The lowest BCUT2D eigenvalue weighted by molar-refractivity contribution is -0.146. The molecule has 0 bridgehead atoms. The maximum atomic E-state index is 11.7. The van der Waals surface area contributed by atoms with Gasteiger partial charge in [0.05, 0.1) is 7.11 Å². The van der Waals surface area contributed by atoms with Crippen LogP contribution in [0.3, 0.4) is 0 Å². The normalized spacial score (nSPS) is 10.0. The maximum Gasteiger partial charge on any atom is 0.315 e. The molecule has 0 N–H and O–H groups in total. The fourth-order valence-electron chi connectivity index (χ4n) is 1.64. The van der Waals surface area contributed by atoms with Crippen molar-refractivity contribution in [2.45, 2.75) is 26.8 Å². The highest BCUT2D eigenvalue weighted by atomic mass is 16.5. The molecule has 0 aliphatic heterocycles. The van der Waals surface area contributed by atoms with Gasteiger partial charge in [0.25, 0.3) is 0 Å². The first-order valence-corrected chi connectivity index (χ1v) is 5.81. The number of nitrogens with zero attached hydrogens (tertiary/aromatic N) is 1. The molecule has 1 aromatic carbocycles. The summed E-state index contributed by atoms with van der Waals surface area (Å²) in [5.41, 5.74) is 3.39. The first kappa shape index (κ1) is 14.2. The quantitative estimate of drug-likeness (QED) is 0.604. The highest BCUT2D eigenvalue weighted by Gasteiger charge is 2.15. The molecule has 0 fully saturated rings. The molecule has 1 rings (SSSR count). The van der Waals surface area contributed by atoms with Gasteiger partial charge in [-0.15, -0.1) is 0 Å². The molecule has 0 heterocycles. The molecule has 4 heteroatoms. The molecule has 0 atom stereocenters. The summed E-state index contributed by atoms with van der Waals surface area (Å²) in [6.45, 7) is 4.52. The van der Waals surface area contributed by atoms with Gasteiger partial charge in [-0.05, 0) is 25.0 Å². The van der Waals surface area contributed by atoms with Gasteiger partial charge in [-0.2, -0.15) is 0 Å². The Bertz CT molecular complexity index is 454. The van der Waals surface area contributed by atoms with Crippen molar-refractivity contribution in [3.8, 4) is 0 Å². The highest BCUT2D eigenvalue weighted by Crippen LogP contribution is 2.13. The summed E-state index contributed by atoms with van der Waals surface area (Å²) < 4.78 is 4.48. The van der Waals surface area contributed by atoms with E-state index in [-0.39, 0.29) is 12.3 Å². The van der Waals surface area contributed by atoms with Crippen LogP contribution in [0.2, 0.25) is 0 Å². The number of esters is 1. The fourth-order valence-corrected chi connectivity index (χ4v) is 1.64. The van der Waals surface area contributed by atoms with Gasteiger partial charge in [-0.25, -0.2) is 0 Å². The molecule has 0 saturated carbocycles. The van der Waals surface area contributed by atoms with E-state index in [2.05, 4.69) is 10.8 Å². The third kappa shape index (κ3) is 3.87. The first-order valence-electron chi connectivity index (χ1n) is 5.81. The lowest BCUT2D eigenvalue weighted by Gasteiger charge is -2.18. The number of aryl methyl sites for hydroxylation is 2. The average Bonchev–Trinajstić information content (AvgIpc) is 2.33. The summed E-state index contributed by atoms with van der Waals surface area (Å²) in [7, 11) is 2.97. The van der Waals surface area contributed by atoms with Crippen LogP contribution in [-0.2, 0) is 20.9 Å². The van der Waals surface area contributed by atoms with Crippen molar-refractivity contribution in [1.29, 1.82) is 0 Å². The molecule has 0 aliphatic carbocycles. The summed E-state index contributed by atoms with van der Waals surface area (Å²) in [6.07, 6.45) is -0.210. The molecule has 0 radical (unpaired) electrons. The van der Waals surface area contributed by atoms with Gasteiger partial charge in [0.15, 0.2) is 0 Å². The van der Waals surface area contributed by atoms with Crippen molar-refractivity contribution in [1.82, 2.24) is 4.90 Å². The van der Waals surface area contributed by atoms with E-state index in [9.17, 15) is 9.59 Å². The number of hydrogen-bond donors (Lipinski definition) is 0. The second-order valence-corrected chi connectivity index (χ2v) is 4.43. The van der Waals surface area contributed by atoms with Crippen LogP contribution >= 0.6 is 0 Å². The summed E-state index contributed by atoms with van der Waals surface area (Å²) in [6, 6.07) is 6.12. The Morgan fingerprint density at radius 3 is 2.56 bits per heavy atom. The molecule has 1 aromatic rings. The molecule has 0 aromatic heterocycles. The van der Waals surface area contributed by atoms with Crippen molar-refractivity contribution in [2.75, 3.05) is 14.2 Å². The van der Waals surface area contributed by atoms with Crippen molar-refractivity contribution in [3.05, 3.63) is 34.9 Å². The SMILES string of the molecule is COC(=O)CC(=O)N(C)Cc1cc(C)ccc1C. The number of methoxy groups -OCH3 is 1.